The van der Waals surface area contributed by atoms with Crippen molar-refractivity contribution in [3.8, 4) is 0 Å². The van der Waals surface area contributed by atoms with E-state index < -0.39 is 0 Å². The van der Waals surface area contributed by atoms with E-state index in [-0.39, 0.29) is 5.41 Å². The first-order chi connectivity index (χ1) is 12.0. The van der Waals surface area contributed by atoms with Gasteiger partial charge in [-0.2, -0.15) is 4.98 Å². The quantitative estimate of drug-likeness (QED) is 0.679. The Morgan fingerprint density at radius 3 is 2.52 bits per heavy atom. The van der Waals surface area contributed by atoms with Gasteiger partial charge in [-0.1, -0.05) is 44.1 Å². The van der Waals surface area contributed by atoms with Crippen molar-refractivity contribution in [1.82, 2.24) is 15.0 Å². The molecule has 0 atom stereocenters. The molecule has 0 radical (unpaired) electrons. The maximum atomic E-state index is 5.36. The van der Waals surface area contributed by atoms with Crippen molar-refractivity contribution in [3.63, 3.8) is 0 Å². The lowest BCUT2D eigenvalue weighted by atomic mass is 9.97. The number of hydrogen-bond acceptors (Lipinski definition) is 4. The number of para-hydroxylation sites is 1. The minimum atomic E-state index is -0.146. The number of likely N-dealkylation sites (tertiary alicyclic amines) is 1. The molecule has 25 heavy (non-hydrogen) atoms. The molecule has 6 nitrogen and oxygen atoms in total. The molecule has 1 aliphatic heterocycles. The van der Waals surface area contributed by atoms with Gasteiger partial charge >= 0.3 is 0 Å². The number of piperidine rings is 1. The smallest absolute Gasteiger partial charge is 0.232 e. The van der Waals surface area contributed by atoms with E-state index in [1.807, 2.05) is 30.3 Å². The molecule has 1 aliphatic rings. The third-order valence-corrected chi connectivity index (χ3v) is 4.17. The van der Waals surface area contributed by atoms with Crippen molar-refractivity contribution in [2.24, 2.45) is 4.99 Å². The van der Waals surface area contributed by atoms with Crippen LogP contribution in [-0.4, -0.2) is 34.1 Å². The van der Waals surface area contributed by atoms with Crippen molar-refractivity contribution in [2.75, 3.05) is 18.4 Å². The molecule has 1 N–H and O–H groups in total. The zero-order valence-corrected chi connectivity index (χ0v) is 15.3. The molecule has 1 fully saturated rings. The number of nitrogens with zero attached hydrogens (tertiary/aromatic N) is 4. The third kappa shape index (κ3) is 4.81. The summed E-state index contributed by atoms with van der Waals surface area (Å²) in [6.07, 6.45) is 3.69. The van der Waals surface area contributed by atoms with Crippen LogP contribution in [-0.2, 0) is 12.0 Å². The summed E-state index contributed by atoms with van der Waals surface area (Å²) in [5.74, 6) is 2.15. The lowest BCUT2D eigenvalue weighted by Gasteiger charge is -2.30. The van der Waals surface area contributed by atoms with Crippen LogP contribution in [0.5, 0.6) is 0 Å². The van der Waals surface area contributed by atoms with Crippen molar-refractivity contribution < 1.29 is 4.52 Å². The molecule has 2 heterocycles. The molecular weight excluding hydrogens is 314 g/mol. The minimum absolute atomic E-state index is 0.146. The van der Waals surface area contributed by atoms with Crippen molar-refractivity contribution in [1.29, 1.82) is 0 Å². The van der Waals surface area contributed by atoms with E-state index in [1.165, 1.54) is 19.3 Å². The average molecular weight is 341 g/mol. The molecule has 1 saturated heterocycles. The van der Waals surface area contributed by atoms with E-state index in [0.29, 0.717) is 18.3 Å². The zero-order chi connectivity index (χ0) is 17.7. The Bertz CT molecular complexity index is 696. The lowest BCUT2D eigenvalue weighted by molar-refractivity contribution is 0.318. The fourth-order valence-corrected chi connectivity index (χ4v) is 2.74. The SMILES string of the molecule is CC(C)(C)c1nc(CN=C(Nc2ccccc2)N2CCCCC2)no1. The second kappa shape index (κ2) is 7.68. The van der Waals surface area contributed by atoms with Crippen LogP contribution in [0, 0.1) is 0 Å². The highest BCUT2D eigenvalue weighted by Gasteiger charge is 2.22. The molecule has 1 aromatic carbocycles. The first-order valence-corrected chi connectivity index (χ1v) is 8.97. The van der Waals surface area contributed by atoms with E-state index in [9.17, 15) is 0 Å². The summed E-state index contributed by atoms with van der Waals surface area (Å²) in [5.41, 5.74) is 0.891. The highest BCUT2D eigenvalue weighted by Crippen LogP contribution is 2.20. The summed E-state index contributed by atoms with van der Waals surface area (Å²) in [7, 11) is 0. The number of aliphatic imine (C=N–C) groups is 1. The average Bonchev–Trinajstić information content (AvgIpc) is 3.10. The van der Waals surface area contributed by atoms with Crippen LogP contribution in [0.25, 0.3) is 0 Å². The van der Waals surface area contributed by atoms with E-state index in [0.717, 1.165) is 24.7 Å². The first kappa shape index (κ1) is 17.5. The predicted octanol–water partition coefficient (Wildman–Crippen LogP) is 3.82. The molecule has 0 bridgehead atoms. The van der Waals surface area contributed by atoms with Crippen LogP contribution >= 0.6 is 0 Å². The minimum Gasteiger partial charge on any atom is -0.343 e. The number of guanidine groups is 1. The third-order valence-electron chi connectivity index (χ3n) is 4.17. The molecule has 0 unspecified atom stereocenters. The van der Waals surface area contributed by atoms with Crippen LogP contribution in [0.4, 0.5) is 5.69 Å². The van der Waals surface area contributed by atoms with Crippen LogP contribution in [0.2, 0.25) is 0 Å². The topological polar surface area (TPSA) is 66.6 Å². The second-order valence-electron chi connectivity index (χ2n) is 7.44. The van der Waals surface area contributed by atoms with Gasteiger partial charge in [-0.05, 0) is 31.4 Å². The monoisotopic (exact) mass is 341 g/mol. The number of benzene rings is 1. The van der Waals surface area contributed by atoms with Gasteiger partial charge in [0.15, 0.2) is 11.8 Å². The maximum absolute atomic E-state index is 5.36. The van der Waals surface area contributed by atoms with E-state index in [2.05, 4.69) is 41.1 Å². The fraction of sp³-hybridized carbons (Fsp3) is 0.526. The van der Waals surface area contributed by atoms with Crippen molar-refractivity contribution in [3.05, 3.63) is 42.0 Å². The van der Waals surface area contributed by atoms with Gasteiger partial charge in [0.2, 0.25) is 5.89 Å². The number of rotatable bonds is 3. The summed E-state index contributed by atoms with van der Waals surface area (Å²) < 4.78 is 5.36. The van der Waals surface area contributed by atoms with Crippen LogP contribution in [0.1, 0.15) is 51.7 Å². The molecule has 0 aliphatic carbocycles. The summed E-state index contributed by atoms with van der Waals surface area (Å²) in [6.45, 7) is 8.64. The Morgan fingerprint density at radius 1 is 1.16 bits per heavy atom. The maximum Gasteiger partial charge on any atom is 0.232 e. The molecule has 3 rings (SSSR count). The Labute approximate surface area is 149 Å². The van der Waals surface area contributed by atoms with Crippen molar-refractivity contribution in [2.45, 2.75) is 52.0 Å². The zero-order valence-electron chi connectivity index (χ0n) is 15.3. The Hall–Kier alpha value is -2.37. The summed E-state index contributed by atoms with van der Waals surface area (Å²) >= 11 is 0. The largest absolute Gasteiger partial charge is 0.343 e. The highest BCUT2D eigenvalue weighted by molar-refractivity contribution is 5.93. The van der Waals surface area contributed by atoms with Gasteiger partial charge in [-0.3, -0.25) is 0 Å². The fourth-order valence-electron chi connectivity index (χ4n) is 2.74. The van der Waals surface area contributed by atoms with Gasteiger partial charge in [-0.25, -0.2) is 4.99 Å². The Balaban J connectivity index is 1.75. The number of hydrogen-bond donors (Lipinski definition) is 1. The number of aromatic nitrogens is 2. The van der Waals surface area contributed by atoms with Crippen LogP contribution < -0.4 is 5.32 Å². The summed E-state index contributed by atoms with van der Waals surface area (Å²) in [5, 5.41) is 7.51. The molecule has 0 spiro atoms. The molecular formula is C19H27N5O. The van der Waals surface area contributed by atoms with Crippen LogP contribution in [0.3, 0.4) is 0 Å². The number of nitrogens with one attached hydrogen (secondary N) is 1. The predicted molar refractivity (Wildman–Crippen MR) is 99.6 cm³/mol. The molecule has 0 saturated carbocycles. The Morgan fingerprint density at radius 2 is 1.88 bits per heavy atom. The van der Waals surface area contributed by atoms with Gasteiger partial charge < -0.3 is 14.7 Å². The summed E-state index contributed by atoms with van der Waals surface area (Å²) in [4.78, 5) is 11.5. The molecule has 6 heteroatoms. The molecule has 2 aromatic rings. The highest BCUT2D eigenvalue weighted by atomic mass is 16.5. The second-order valence-corrected chi connectivity index (χ2v) is 7.44. The van der Waals surface area contributed by atoms with Gasteiger partial charge in [0.25, 0.3) is 0 Å². The van der Waals surface area contributed by atoms with E-state index in [1.54, 1.807) is 0 Å². The standard InChI is InChI=1S/C19H27N5O/c1-19(2,3)17-22-16(23-25-17)14-20-18(24-12-8-5-9-13-24)21-15-10-6-4-7-11-15/h4,6-7,10-11H,5,8-9,12-14H2,1-3H3,(H,20,21). The van der Waals surface area contributed by atoms with Gasteiger partial charge in [0, 0.05) is 24.2 Å². The lowest BCUT2D eigenvalue weighted by Crippen LogP contribution is -2.40. The van der Waals surface area contributed by atoms with E-state index >= 15 is 0 Å². The Kier molecular flexibility index (Phi) is 5.36. The molecule has 134 valence electrons. The van der Waals surface area contributed by atoms with Crippen LogP contribution in [0.15, 0.2) is 39.8 Å². The normalized spacial score (nSPS) is 16.1. The van der Waals surface area contributed by atoms with E-state index in [4.69, 9.17) is 9.52 Å². The van der Waals surface area contributed by atoms with Gasteiger partial charge in [0.05, 0.1) is 0 Å². The summed E-state index contributed by atoms with van der Waals surface area (Å²) in [6, 6.07) is 10.1. The number of anilines is 1. The van der Waals surface area contributed by atoms with Gasteiger partial charge in [0.1, 0.15) is 6.54 Å². The first-order valence-electron chi connectivity index (χ1n) is 8.97. The van der Waals surface area contributed by atoms with Gasteiger partial charge in [-0.15, -0.1) is 0 Å². The molecule has 1 aromatic heterocycles. The van der Waals surface area contributed by atoms with Crippen molar-refractivity contribution >= 4 is 11.6 Å². The molecule has 0 amide bonds.